The largest absolute Gasteiger partial charge is 0.355 e. The minimum atomic E-state index is -0.312. The topological polar surface area (TPSA) is 85.8 Å². The molecule has 1 aromatic carbocycles. The van der Waals surface area contributed by atoms with E-state index in [4.69, 9.17) is 4.52 Å². The van der Waals surface area contributed by atoms with Crippen LogP contribution in [0.15, 0.2) is 53.3 Å². The van der Waals surface area contributed by atoms with Crippen molar-refractivity contribution in [2.75, 3.05) is 0 Å². The molecule has 0 spiro atoms. The first-order valence-corrected chi connectivity index (χ1v) is 8.19. The smallest absolute Gasteiger partial charge is 0.273 e. The summed E-state index contributed by atoms with van der Waals surface area (Å²) >= 11 is 0. The average Bonchev–Trinajstić information content (AvgIpc) is 3.27. The average molecular weight is 347 g/mol. The van der Waals surface area contributed by atoms with Gasteiger partial charge in [0.25, 0.3) is 5.91 Å². The minimum Gasteiger partial charge on any atom is -0.355 e. The molecule has 0 bridgehead atoms. The Morgan fingerprint density at radius 2 is 2.15 bits per heavy atom. The molecule has 3 aromatic heterocycles. The molecule has 0 atom stereocenters. The van der Waals surface area contributed by atoms with Crippen molar-refractivity contribution in [3.05, 3.63) is 65.9 Å². The molecule has 130 valence electrons. The lowest BCUT2D eigenvalue weighted by Crippen LogP contribution is -2.24. The molecule has 4 aromatic rings. The summed E-state index contributed by atoms with van der Waals surface area (Å²) in [4.78, 5) is 21.0. The van der Waals surface area contributed by atoms with E-state index in [-0.39, 0.29) is 11.6 Å². The highest BCUT2D eigenvalue weighted by Crippen LogP contribution is 2.20. The Balaban J connectivity index is 1.50. The van der Waals surface area contributed by atoms with Gasteiger partial charge >= 0.3 is 0 Å². The molecule has 4 rings (SSSR count). The first kappa shape index (κ1) is 16.0. The molecule has 0 aliphatic rings. The molecule has 7 heteroatoms. The third kappa shape index (κ3) is 2.83. The molecule has 26 heavy (non-hydrogen) atoms. The number of pyridine rings is 1. The Morgan fingerprint density at radius 3 is 2.92 bits per heavy atom. The fourth-order valence-corrected chi connectivity index (χ4v) is 2.95. The van der Waals surface area contributed by atoms with Gasteiger partial charge in [-0.05, 0) is 30.7 Å². The first-order chi connectivity index (χ1) is 12.6. The molecule has 1 N–H and O–H groups in total. The highest BCUT2D eigenvalue weighted by molar-refractivity contribution is 5.93. The predicted octanol–water partition coefficient (Wildman–Crippen LogP) is 2.86. The van der Waals surface area contributed by atoms with Crippen molar-refractivity contribution in [1.82, 2.24) is 25.0 Å². The maximum atomic E-state index is 12.4. The molecule has 7 nitrogen and oxygen atoms in total. The van der Waals surface area contributed by atoms with Crippen LogP contribution in [0.25, 0.3) is 22.4 Å². The number of amides is 1. The van der Waals surface area contributed by atoms with Gasteiger partial charge in [-0.3, -0.25) is 9.78 Å². The summed E-state index contributed by atoms with van der Waals surface area (Å²) in [5.41, 5.74) is 4.12. The fourth-order valence-electron chi connectivity index (χ4n) is 2.95. The van der Waals surface area contributed by atoms with Crippen LogP contribution in [-0.2, 0) is 13.6 Å². The number of aryl methyl sites for hydroxylation is 2. The second-order valence-electron chi connectivity index (χ2n) is 6.03. The van der Waals surface area contributed by atoms with Crippen molar-refractivity contribution in [2.45, 2.75) is 13.5 Å². The summed E-state index contributed by atoms with van der Waals surface area (Å²) in [5, 5.41) is 6.68. The van der Waals surface area contributed by atoms with Gasteiger partial charge < -0.3 is 14.4 Å². The summed E-state index contributed by atoms with van der Waals surface area (Å²) in [6.45, 7) is 2.35. The van der Waals surface area contributed by atoms with Crippen LogP contribution >= 0.6 is 0 Å². The quantitative estimate of drug-likeness (QED) is 0.613. The van der Waals surface area contributed by atoms with E-state index in [1.165, 1.54) is 0 Å². The summed E-state index contributed by atoms with van der Waals surface area (Å²) < 4.78 is 7.23. The van der Waals surface area contributed by atoms with E-state index in [2.05, 4.69) is 20.4 Å². The molecule has 1 amide bonds. The van der Waals surface area contributed by atoms with E-state index in [9.17, 15) is 4.79 Å². The summed E-state index contributed by atoms with van der Waals surface area (Å²) in [5.74, 6) is 0.966. The Hall–Kier alpha value is -3.48. The number of nitrogens with one attached hydrogen (secondary N) is 1. The molecule has 0 aliphatic heterocycles. The van der Waals surface area contributed by atoms with Crippen LogP contribution in [0.3, 0.4) is 0 Å². The Morgan fingerprint density at radius 1 is 1.27 bits per heavy atom. The molecule has 0 saturated heterocycles. The number of aromatic nitrogens is 4. The standard InChI is InChI=1S/C19H17N5O2/c1-12-5-3-7-14-18(12)24(2)17(22-14)11-21-19(25)15-9-16(26-23-15)13-6-4-8-20-10-13/h3-10H,11H2,1-2H3,(H,21,25). The van der Waals surface area contributed by atoms with Crippen molar-refractivity contribution >= 4 is 16.9 Å². The number of imidazole rings is 1. The van der Waals surface area contributed by atoms with Gasteiger partial charge in [-0.1, -0.05) is 17.3 Å². The van der Waals surface area contributed by atoms with Crippen molar-refractivity contribution in [2.24, 2.45) is 7.05 Å². The van der Waals surface area contributed by atoms with Gasteiger partial charge in [0.05, 0.1) is 17.6 Å². The molecular formula is C19H17N5O2. The number of nitrogens with zero attached hydrogens (tertiary/aromatic N) is 4. The number of para-hydroxylation sites is 1. The zero-order chi connectivity index (χ0) is 18.1. The minimum absolute atomic E-state index is 0.221. The highest BCUT2D eigenvalue weighted by atomic mass is 16.5. The van der Waals surface area contributed by atoms with E-state index < -0.39 is 0 Å². The number of rotatable bonds is 4. The molecule has 0 saturated carbocycles. The van der Waals surface area contributed by atoms with E-state index in [0.29, 0.717) is 12.3 Å². The Bertz CT molecular complexity index is 1080. The maximum Gasteiger partial charge on any atom is 0.273 e. The third-order valence-corrected chi connectivity index (χ3v) is 4.28. The zero-order valence-corrected chi connectivity index (χ0v) is 14.4. The molecule has 3 heterocycles. The number of fused-ring (bicyclic) bond motifs is 1. The van der Waals surface area contributed by atoms with Crippen LogP contribution in [0.5, 0.6) is 0 Å². The van der Waals surface area contributed by atoms with Crippen LogP contribution in [-0.4, -0.2) is 25.6 Å². The maximum absolute atomic E-state index is 12.4. The monoisotopic (exact) mass is 347 g/mol. The van der Waals surface area contributed by atoms with Gasteiger partial charge in [-0.25, -0.2) is 4.98 Å². The Kier molecular flexibility index (Phi) is 3.96. The normalized spacial score (nSPS) is 11.0. The second-order valence-corrected chi connectivity index (χ2v) is 6.03. The van der Waals surface area contributed by atoms with Gasteiger partial charge in [0.1, 0.15) is 5.82 Å². The van der Waals surface area contributed by atoms with Crippen LogP contribution in [0, 0.1) is 6.92 Å². The van der Waals surface area contributed by atoms with Crippen molar-refractivity contribution < 1.29 is 9.32 Å². The molecule has 0 fully saturated rings. The number of hydrogen-bond donors (Lipinski definition) is 1. The number of benzene rings is 1. The summed E-state index contributed by atoms with van der Waals surface area (Å²) in [6, 6.07) is 11.2. The van der Waals surface area contributed by atoms with Gasteiger partial charge in [-0.2, -0.15) is 0 Å². The van der Waals surface area contributed by atoms with E-state index in [1.807, 2.05) is 42.8 Å². The van der Waals surface area contributed by atoms with Gasteiger partial charge in [0.2, 0.25) is 0 Å². The van der Waals surface area contributed by atoms with Crippen molar-refractivity contribution in [3.63, 3.8) is 0 Å². The van der Waals surface area contributed by atoms with Crippen LogP contribution in [0.1, 0.15) is 21.9 Å². The van der Waals surface area contributed by atoms with Crippen LogP contribution in [0.4, 0.5) is 0 Å². The first-order valence-electron chi connectivity index (χ1n) is 8.19. The highest BCUT2D eigenvalue weighted by Gasteiger charge is 2.15. The number of hydrogen-bond acceptors (Lipinski definition) is 5. The molecular weight excluding hydrogens is 330 g/mol. The SMILES string of the molecule is Cc1cccc2nc(CNC(=O)c3cc(-c4cccnc4)on3)n(C)c12. The third-order valence-electron chi connectivity index (χ3n) is 4.28. The van der Waals surface area contributed by atoms with Gasteiger partial charge in [0, 0.05) is 31.1 Å². The summed E-state index contributed by atoms with van der Waals surface area (Å²) in [6.07, 6.45) is 3.33. The zero-order valence-electron chi connectivity index (χ0n) is 14.4. The molecule has 0 aliphatic carbocycles. The lowest BCUT2D eigenvalue weighted by Gasteiger charge is -2.04. The second kappa shape index (κ2) is 6.44. The van der Waals surface area contributed by atoms with Crippen LogP contribution in [0.2, 0.25) is 0 Å². The lowest BCUT2D eigenvalue weighted by atomic mass is 10.2. The number of carbonyl (C=O) groups is 1. The van der Waals surface area contributed by atoms with Gasteiger partial charge in [-0.15, -0.1) is 0 Å². The van der Waals surface area contributed by atoms with E-state index in [1.54, 1.807) is 24.5 Å². The van der Waals surface area contributed by atoms with E-state index >= 15 is 0 Å². The fraction of sp³-hybridized carbons (Fsp3) is 0.158. The molecule has 0 unspecified atom stereocenters. The van der Waals surface area contributed by atoms with E-state index in [0.717, 1.165) is 28.0 Å². The number of carbonyl (C=O) groups excluding carboxylic acids is 1. The Labute approximate surface area is 149 Å². The van der Waals surface area contributed by atoms with Crippen LogP contribution < -0.4 is 5.32 Å². The van der Waals surface area contributed by atoms with Crippen molar-refractivity contribution in [1.29, 1.82) is 0 Å². The van der Waals surface area contributed by atoms with Crippen molar-refractivity contribution in [3.8, 4) is 11.3 Å². The van der Waals surface area contributed by atoms with Gasteiger partial charge in [0.15, 0.2) is 11.5 Å². The summed E-state index contributed by atoms with van der Waals surface area (Å²) in [7, 11) is 1.94. The molecule has 0 radical (unpaired) electrons. The lowest BCUT2D eigenvalue weighted by molar-refractivity contribution is 0.0940. The predicted molar refractivity (Wildman–Crippen MR) is 96.4 cm³/mol.